The van der Waals surface area contributed by atoms with Gasteiger partial charge in [0.2, 0.25) is 0 Å². The molecule has 0 radical (unpaired) electrons. The van der Waals surface area contributed by atoms with Crippen molar-refractivity contribution in [1.29, 1.82) is 0 Å². The number of aromatic nitrogens is 3. The predicted octanol–water partition coefficient (Wildman–Crippen LogP) is 1.43. The van der Waals surface area contributed by atoms with Gasteiger partial charge in [0.05, 0.1) is 11.8 Å². The fourth-order valence-electron chi connectivity index (χ4n) is 1.22. The van der Waals surface area contributed by atoms with E-state index in [0.717, 1.165) is 11.0 Å². The molecule has 0 aliphatic rings. The smallest absolute Gasteiger partial charge is 0.197 e. The van der Waals surface area contributed by atoms with Gasteiger partial charge in [0.1, 0.15) is 0 Å². The third-order valence-electron chi connectivity index (χ3n) is 1.98. The summed E-state index contributed by atoms with van der Waals surface area (Å²) in [4.78, 5) is 7.25. The van der Waals surface area contributed by atoms with E-state index in [4.69, 9.17) is 0 Å². The van der Waals surface area contributed by atoms with E-state index < -0.39 is 0 Å². The van der Waals surface area contributed by atoms with Gasteiger partial charge in [-0.15, -0.1) is 0 Å². The summed E-state index contributed by atoms with van der Waals surface area (Å²) in [5.74, 6) is 0. The number of fused-ring (bicyclic) bond motifs is 1. The summed E-state index contributed by atoms with van der Waals surface area (Å²) in [5.41, 5.74) is 2.11. The third-order valence-corrected chi connectivity index (χ3v) is 1.98. The van der Waals surface area contributed by atoms with Crippen LogP contribution in [0.2, 0.25) is 0 Å². The maximum atomic E-state index is 4.19. The molecule has 0 amide bonds. The van der Waals surface area contributed by atoms with Crippen LogP contribution in [-0.4, -0.2) is 9.97 Å². The average molecular weight is 162 g/mol. The van der Waals surface area contributed by atoms with E-state index >= 15 is 0 Å². The predicted molar refractivity (Wildman–Crippen MR) is 46.7 cm³/mol. The second-order valence-electron chi connectivity index (χ2n) is 3.19. The fourth-order valence-corrected chi connectivity index (χ4v) is 1.22. The lowest BCUT2D eigenvalue weighted by Crippen LogP contribution is -2.34. The van der Waals surface area contributed by atoms with Crippen molar-refractivity contribution in [3.8, 4) is 0 Å². The van der Waals surface area contributed by atoms with Crippen LogP contribution in [0.3, 0.4) is 0 Å². The first kappa shape index (κ1) is 7.28. The SMILES string of the molecule is CC(C)[n+]1ccc2[nH]cnc2c1. The van der Waals surface area contributed by atoms with E-state index in [2.05, 4.69) is 40.8 Å². The minimum absolute atomic E-state index is 0.492. The number of nitrogens with zero attached hydrogens (tertiary/aromatic N) is 2. The highest BCUT2D eigenvalue weighted by Crippen LogP contribution is 2.04. The molecule has 0 aromatic carbocycles. The lowest BCUT2D eigenvalue weighted by Gasteiger charge is -1.97. The number of hydrogen-bond donors (Lipinski definition) is 1. The van der Waals surface area contributed by atoms with Crippen molar-refractivity contribution in [3.05, 3.63) is 24.8 Å². The molecule has 3 nitrogen and oxygen atoms in total. The van der Waals surface area contributed by atoms with Gasteiger partial charge in [-0.05, 0) is 13.8 Å². The molecule has 12 heavy (non-hydrogen) atoms. The van der Waals surface area contributed by atoms with Crippen molar-refractivity contribution in [1.82, 2.24) is 9.97 Å². The Bertz CT molecular complexity index is 389. The fraction of sp³-hybridized carbons (Fsp3) is 0.333. The Balaban J connectivity index is 2.60. The minimum atomic E-state index is 0.492. The molecule has 0 atom stereocenters. The van der Waals surface area contributed by atoms with Crippen LogP contribution < -0.4 is 4.57 Å². The Kier molecular flexibility index (Phi) is 1.57. The van der Waals surface area contributed by atoms with Crippen LogP contribution in [0.15, 0.2) is 24.8 Å². The second-order valence-corrected chi connectivity index (χ2v) is 3.19. The van der Waals surface area contributed by atoms with Crippen molar-refractivity contribution in [2.75, 3.05) is 0 Å². The van der Waals surface area contributed by atoms with Gasteiger partial charge in [-0.3, -0.25) is 0 Å². The summed E-state index contributed by atoms with van der Waals surface area (Å²) < 4.78 is 2.14. The monoisotopic (exact) mass is 162 g/mol. The van der Waals surface area contributed by atoms with Crippen molar-refractivity contribution < 1.29 is 4.57 Å². The summed E-state index contributed by atoms with van der Waals surface area (Å²) in [6.07, 6.45) is 5.83. The summed E-state index contributed by atoms with van der Waals surface area (Å²) in [7, 11) is 0. The van der Waals surface area contributed by atoms with Crippen LogP contribution in [0.25, 0.3) is 11.0 Å². The van der Waals surface area contributed by atoms with Gasteiger partial charge >= 0.3 is 0 Å². The highest BCUT2D eigenvalue weighted by atomic mass is 15.0. The molecule has 0 saturated heterocycles. The zero-order valence-electron chi connectivity index (χ0n) is 7.28. The summed E-state index contributed by atoms with van der Waals surface area (Å²) in [6, 6.07) is 2.54. The largest absolute Gasteiger partial charge is 0.344 e. The molecule has 62 valence electrons. The Hall–Kier alpha value is -1.38. The molecule has 2 aromatic heterocycles. The molecular weight excluding hydrogens is 150 g/mol. The zero-order valence-corrected chi connectivity index (χ0v) is 7.28. The van der Waals surface area contributed by atoms with Crippen LogP contribution in [0, 0.1) is 0 Å². The molecule has 0 saturated carbocycles. The maximum Gasteiger partial charge on any atom is 0.197 e. The van der Waals surface area contributed by atoms with E-state index in [0.29, 0.717) is 6.04 Å². The molecular formula is C9H12N3+. The van der Waals surface area contributed by atoms with Gasteiger partial charge in [-0.25, -0.2) is 9.55 Å². The summed E-state index contributed by atoms with van der Waals surface area (Å²) in [6.45, 7) is 4.30. The highest BCUT2D eigenvalue weighted by molar-refractivity contribution is 5.71. The molecule has 2 heterocycles. The quantitative estimate of drug-likeness (QED) is 0.632. The normalized spacial score (nSPS) is 11.2. The molecule has 0 fully saturated rings. The Morgan fingerprint density at radius 1 is 1.50 bits per heavy atom. The van der Waals surface area contributed by atoms with E-state index in [-0.39, 0.29) is 0 Å². The Morgan fingerprint density at radius 3 is 3.08 bits per heavy atom. The number of imidazole rings is 1. The third kappa shape index (κ3) is 1.07. The highest BCUT2D eigenvalue weighted by Gasteiger charge is 2.07. The van der Waals surface area contributed by atoms with Crippen molar-refractivity contribution >= 4 is 11.0 Å². The van der Waals surface area contributed by atoms with Gasteiger partial charge in [0.25, 0.3) is 0 Å². The maximum absolute atomic E-state index is 4.19. The minimum Gasteiger partial charge on any atom is -0.344 e. The molecule has 2 rings (SSSR count). The standard InChI is InChI=1S/C9H11N3/c1-7(2)12-4-3-8-9(5-12)11-6-10-8/h3-7H,1-2H3/p+1. The second kappa shape index (κ2) is 2.59. The van der Waals surface area contributed by atoms with Crippen molar-refractivity contribution in [2.24, 2.45) is 0 Å². The number of pyridine rings is 1. The van der Waals surface area contributed by atoms with Crippen LogP contribution >= 0.6 is 0 Å². The van der Waals surface area contributed by atoms with Gasteiger partial charge in [-0.1, -0.05) is 0 Å². The molecule has 0 aliphatic carbocycles. The topological polar surface area (TPSA) is 32.6 Å². The molecule has 0 aliphatic heterocycles. The van der Waals surface area contributed by atoms with E-state index in [1.807, 2.05) is 6.07 Å². The summed E-state index contributed by atoms with van der Waals surface area (Å²) >= 11 is 0. The zero-order chi connectivity index (χ0) is 8.55. The van der Waals surface area contributed by atoms with Gasteiger partial charge in [-0.2, -0.15) is 0 Å². The molecule has 0 spiro atoms. The van der Waals surface area contributed by atoms with Crippen molar-refractivity contribution in [2.45, 2.75) is 19.9 Å². The van der Waals surface area contributed by atoms with E-state index in [1.54, 1.807) is 6.33 Å². The van der Waals surface area contributed by atoms with Crippen molar-refractivity contribution in [3.63, 3.8) is 0 Å². The van der Waals surface area contributed by atoms with E-state index in [9.17, 15) is 0 Å². The number of rotatable bonds is 1. The molecule has 1 N–H and O–H groups in total. The van der Waals surface area contributed by atoms with Gasteiger partial charge < -0.3 is 4.98 Å². The van der Waals surface area contributed by atoms with Crippen LogP contribution in [0.1, 0.15) is 19.9 Å². The first-order valence-electron chi connectivity index (χ1n) is 4.11. The molecule has 3 heteroatoms. The summed E-state index contributed by atoms with van der Waals surface area (Å²) in [5, 5.41) is 0. The number of nitrogens with one attached hydrogen (secondary N) is 1. The molecule has 0 bridgehead atoms. The lowest BCUT2D eigenvalue weighted by molar-refractivity contribution is -0.715. The number of H-pyrrole nitrogens is 1. The first-order chi connectivity index (χ1) is 5.77. The molecule has 0 unspecified atom stereocenters. The Labute approximate surface area is 71.1 Å². The Morgan fingerprint density at radius 2 is 2.33 bits per heavy atom. The number of hydrogen-bond acceptors (Lipinski definition) is 1. The average Bonchev–Trinajstić information content (AvgIpc) is 2.49. The molecule has 2 aromatic rings. The van der Waals surface area contributed by atoms with Gasteiger partial charge in [0.15, 0.2) is 24.0 Å². The van der Waals surface area contributed by atoms with E-state index in [1.165, 1.54) is 0 Å². The first-order valence-corrected chi connectivity index (χ1v) is 4.11. The van der Waals surface area contributed by atoms with Crippen LogP contribution in [-0.2, 0) is 0 Å². The van der Waals surface area contributed by atoms with Crippen LogP contribution in [0.5, 0.6) is 0 Å². The van der Waals surface area contributed by atoms with Gasteiger partial charge in [0, 0.05) is 6.07 Å². The number of aromatic amines is 1. The van der Waals surface area contributed by atoms with Crippen LogP contribution in [0.4, 0.5) is 0 Å². The lowest BCUT2D eigenvalue weighted by atomic mass is 10.3.